The second-order valence-electron chi connectivity index (χ2n) is 4.94. The molecule has 0 amide bonds. The zero-order valence-corrected chi connectivity index (χ0v) is 10.7. The molecule has 3 nitrogen and oxygen atoms in total. The first-order chi connectivity index (χ1) is 8.22. The lowest BCUT2D eigenvalue weighted by molar-refractivity contribution is 0.247. The number of rotatable bonds is 4. The van der Waals surface area contributed by atoms with Crippen molar-refractivity contribution in [2.24, 2.45) is 5.92 Å². The maximum absolute atomic E-state index is 9.87. The van der Waals surface area contributed by atoms with Crippen LogP contribution in [0, 0.1) is 5.92 Å². The molecule has 1 aromatic carbocycles. The van der Waals surface area contributed by atoms with Crippen LogP contribution >= 0.6 is 0 Å². The van der Waals surface area contributed by atoms with Gasteiger partial charge >= 0.3 is 0 Å². The van der Waals surface area contributed by atoms with Gasteiger partial charge in [-0.25, -0.2) is 0 Å². The van der Waals surface area contributed by atoms with Crippen LogP contribution < -0.4 is 5.32 Å². The Kier molecular flexibility index (Phi) is 4.02. The van der Waals surface area contributed by atoms with Gasteiger partial charge in [-0.2, -0.15) is 0 Å². The molecule has 0 saturated carbocycles. The molecule has 1 fully saturated rings. The number of phenolic OH excluding ortho intramolecular Hbond substituents is 1. The molecule has 1 heterocycles. The molecule has 0 spiro atoms. The van der Waals surface area contributed by atoms with E-state index in [0.717, 1.165) is 31.1 Å². The van der Waals surface area contributed by atoms with Crippen LogP contribution in [0.4, 0.5) is 0 Å². The second-order valence-corrected chi connectivity index (χ2v) is 4.94. The molecule has 3 heteroatoms. The molecule has 0 radical (unpaired) electrons. The van der Waals surface area contributed by atoms with E-state index in [1.54, 1.807) is 6.07 Å². The first-order valence-corrected chi connectivity index (χ1v) is 6.39. The normalized spacial score (nSPS) is 22.8. The van der Waals surface area contributed by atoms with Crippen LogP contribution in [-0.4, -0.2) is 36.7 Å². The highest BCUT2D eigenvalue weighted by molar-refractivity contribution is 5.34. The minimum absolute atomic E-state index is 0.304. The number of hydrogen-bond acceptors (Lipinski definition) is 3. The van der Waals surface area contributed by atoms with Gasteiger partial charge in [-0.15, -0.1) is 0 Å². The number of nitrogens with one attached hydrogen (secondary N) is 1. The molecule has 2 N–H and O–H groups in total. The van der Waals surface area contributed by atoms with Crippen LogP contribution in [0.15, 0.2) is 24.3 Å². The summed E-state index contributed by atoms with van der Waals surface area (Å²) in [7, 11) is 2.01. The smallest absolute Gasteiger partial charge is 0.120 e. The van der Waals surface area contributed by atoms with Crippen molar-refractivity contribution in [2.45, 2.75) is 19.4 Å². The van der Waals surface area contributed by atoms with Gasteiger partial charge < -0.3 is 10.4 Å². The van der Waals surface area contributed by atoms with Gasteiger partial charge in [-0.3, -0.25) is 4.90 Å². The van der Waals surface area contributed by atoms with Gasteiger partial charge in [0.05, 0.1) is 0 Å². The second kappa shape index (κ2) is 5.52. The predicted molar refractivity (Wildman–Crippen MR) is 70.1 cm³/mol. The van der Waals surface area contributed by atoms with Crippen LogP contribution in [0.2, 0.25) is 0 Å². The molecule has 1 saturated heterocycles. The Morgan fingerprint density at radius 1 is 1.47 bits per heavy atom. The lowest BCUT2D eigenvalue weighted by atomic mass is 10.1. The lowest BCUT2D eigenvalue weighted by Gasteiger charge is -2.25. The van der Waals surface area contributed by atoms with Crippen LogP contribution in [-0.2, 0) is 0 Å². The van der Waals surface area contributed by atoms with Crippen molar-refractivity contribution < 1.29 is 5.11 Å². The first-order valence-electron chi connectivity index (χ1n) is 6.39. The SMILES string of the molecule is CNCC1CCN(C(C)c2ccccc2O)C1. The minimum atomic E-state index is 0.304. The molecule has 0 bridgehead atoms. The fraction of sp³-hybridized carbons (Fsp3) is 0.571. The van der Waals surface area contributed by atoms with Crippen molar-refractivity contribution in [3.8, 4) is 5.75 Å². The van der Waals surface area contributed by atoms with Gasteiger partial charge in [-0.05, 0) is 45.5 Å². The molecule has 17 heavy (non-hydrogen) atoms. The van der Waals surface area contributed by atoms with E-state index < -0.39 is 0 Å². The van der Waals surface area contributed by atoms with Crippen molar-refractivity contribution in [3.63, 3.8) is 0 Å². The molecule has 1 aromatic rings. The fourth-order valence-electron chi connectivity index (χ4n) is 2.71. The van der Waals surface area contributed by atoms with E-state index in [9.17, 15) is 5.11 Å². The van der Waals surface area contributed by atoms with Gasteiger partial charge in [0.1, 0.15) is 5.75 Å². The predicted octanol–water partition coefficient (Wildman–Crippen LogP) is 1.99. The summed E-state index contributed by atoms with van der Waals surface area (Å²) in [6.07, 6.45) is 1.25. The van der Waals surface area contributed by atoms with Crippen LogP contribution in [0.5, 0.6) is 5.75 Å². The van der Waals surface area contributed by atoms with Crippen molar-refractivity contribution >= 4 is 0 Å². The van der Waals surface area contributed by atoms with E-state index >= 15 is 0 Å². The van der Waals surface area contributed by atoms with Gasteiger partial charge in [0, 0.05) is 18.2 Å². The Hall–Kier alpha value is -1.06. The monoisotopic (exact) mass is 234 g/mol. The maximum atomic E-state index is 9.87. The van der Waals surface area contributed by atoms with Crippen molar-refractivity contribution in [1.29, 1.82) is 0 Å². The molecule has 0 aliphatic carbocycles. The van der Waals surface area contributed by atoms with Crippen LogP contribution in [0.3, 0.4) is 0 Å². The number of phenols is 1. The Balaban J connectivity index is 2.02. The van der Waals surface area contributed by atoms with Gasteiger partial charge in [0.2, 0.25) is 0 Å². The topological polar surface area (TPSA) is 35.5 Å². The number of para-hydroxylation sites is 1. The third-order valence-corrected chi connectivity index (χ3v) is 3.74. The molecule has 0 aromatic heterocycles. The summed E-state index contributed by atoms with van der Waals surface area (Å²) >= 11 is 0. The quantitative estimate of drug-likeness (QED) is 0.836. The number of nitrogens with zero attached hydrogens (tertiary/aromatic N) is 1. The van der Waals surface area contributed by atoms with E-state index in [0.29, 0.717) is 11.8 Å². The maximum Gasteiger partial charge on any atom is 0.120 e. The van der Waals surface area contributed by atoms with E-state index in [4.69, 9.17) is 0 Å². The minimum Gasteiger partial charge on any atom is -0.508 e. The Morgan fingerprint density at radius 2 is 2.24 bits per heavy atom. The van der Waals surface area contributed by atoms with Gasteiger partial charge in [-0.1, -0.05) is 18.2 Å². The summed E-state index contributed by atoms with van der Waals surface area (Å²) in [6.45, 7) is 5.51. The average Bonchev–Trinajstić information content (AvgIpc) is 2.78. The highest BCUT2D eigenvalue weighted by Gasteiger charge is 2.27. The van der Waals surface area contributed by atoms with E-state index in [2.05, 4.69) is 17.1 Å². The van der Waals surface area contributed by atoms with E-state index in [1.807, 2.05) is 25.2 Å². The Labute approximate surface area is 103 Å². The zero-order chi connectivity index (χ0) is 12.3. The number of hydrogen-bond donors (Lipinski definition) is 2. The standard InChI is InChI=1S/C14H22N2O/c1-11(13-5-3-4-6-14(13)17)16-8-7-12(10-16)9-15-2/h3-6,11-12,15,17H,7-10H2,1-2H3. The zero-order valence-electron chi connectivity index (χ0n) is 10.7. The van der Waals surface area contributed by atoms with Crippen molar-refractivity contribution in [1.82, 2.24) is 10.2 Å². The van der Waals surface area contributed by atoms with E-state index in [-0.39, 0.29) is 0 Å². The van der Waals surface area contributed by atoms with Crippen molar-refractivity contribution in [3.05, 3.63) is 29.8 Å². The summed E-state index contributed by atoms with van der Waals surface area (Å²) in [5.41, 5.74) is 1.04. The Bertz CT molecular complexity index is 367. The molecule has 94 valence electrons. The summed E-state index contributed by atoms with van der Waals surface area (Å²) in [5.74, 6) is 1.16. The van der Waals surface area contributed by atoms with Crippen LogP contribution in [0.25, 0.3) is 0 Å². The molecule has 2 rings (SSSR count). The third kappa shape index (κ3) is 2.79. The highest BCUT2D eigenvalue weighted by Crippen LogP contribution is 2.31. The van der Waals surface area contributed by atoms with Gasteiger partial charge in [0.15, 0.2) is 0 Å². The molecule has 2 atom stereocenters. The largest absolute Gasteiger partial charge is 0.508 e. The molecular weight excluding hydrogens is 212 g/mol. The molecule has 2 unspecified atom stereocenters. The number of aromatic hydroxyl groups is 1. The summed E-state index contributed by atoms with van der Waals surface area (Å²) in [4.78, 5) is 2.46. The summed E-state index contributed by atoms with van der Waals surface area (Å²) in [6, 6.07) is 7.96. The molecule has 1 aliphatic heterocycles. The average molecular weight is 234 g/mol. The first kappa shape index (κ1) is 12.4. The third-order valence-electron chi connectivity index (χ3n) is 3.74. The lowest BCUT2D eigenvalue weighted by Crippen LogP contribution is -2.27. The van der Waals surface area contributed by atoms with Gasteiger partial charge in [0.25, 0.3) is 0 Å². The fourth-order valence-corrected chi connectivity index (χ4v) is 2.71. The summed E-state index contributed by atoms with van der Waals surface area (Å²) in [5, 5.41) is 13.1. The number of benzene rings is 1. The number of likely N-dealkylation sites (tertiary alicyclic amines) is 1. The molecular formula is C14H22N2O. The van der Waals surface area contributed by atoms with E-state index in [1.165, 1.54) is 6.42 Å². The Morgan fingerprint density at radius 3 is 2.94 bits per heavy atom. The van der Waals surface area contributed by atoms with Crippen molar-refractivity contribution in [2.75, 3.05) is 26.7 Å². The molecule has 1 aliphatic rings. The highest BCUT2D eigenvalue weighted by atomic mass is 16.3. The summed E-state index contributed by atoms with van der Waals surface area (Å²) < 4.78 is 0. The van der Waals surface area contributed by atoms with Crippen LogP contribution in [0.1, 0.15) is 24.9 Å².